The van der Waals surface area contributed by atoms with Gasteiger partial charge in [-0.05, 0) is 69.3 Å². The molecule has 0 spiro atoms. The van der Waals surface area contributed by atoms with Crippen LogP contribution in [0.5, 0.6) is 0 Å². The molecule has 0 aliphatic carbocycles. The van der Waals surface area contributed by atoms with Crippen LogP contribution >= 0.6 is 11.3 Å². The molecule has 0 amide bonds. The minimum atomic E-state index is 0.673. The highest BCUT2D eigenvalue weighted by Crippen LogP contribution is 2.38. The third-order valence-corrected chi connectivity index (χ3v) is 11.4. The fraction of sp³-hybridized carbons (Fsp3) is 0. The van der Waals surface area contributed by atoms with Crippen molar-refractivity contribution in [1.29, 1.82) is 0 Å². The molecular weight excluding hydrogens is 687 g/mol. The van der Waals surface area contributed by atoms with Gasteiger partial charge in [0.25, 0.3) is 0 Å². The first kappa shape index (κ1) is 32.6. The number of fused-ring (bicyclic) bond motifs is 3. The molecule has 3 nitrogen and oxygen atoms in total. The number of pyridine rings is 1. The van der Waals surface area contributed by atoms with Crippen molar-refractivity contribution in [3.63, 3.8) is 0 Å². The average molecular weight is 720 g/mol. The molecule has 3 heterocycles. The molecule has 3 aromatic heterocycles. The van der Waals surface area contributed by atoms with Gasteiger partial charge in [0.1, 0.15) is 0 Å². The lowest BCUT2D eigenvalue weighted by Gasteiger charge is -2.13. The van der Waals surface area contributed by atoms with E-state index in [1.165, 1.54) is 48.0 Å². The molecule has 0 radical (unpaired) electrons. The predicted molar refractivity (Wildman–Crippen MR) is 231 cm³/mol. The second kappa shape index (κ2) is 14.1. The predicted octanol–water partition coefficient (Wildman–Crippen LogP) is 13.9. The highest BCUT2D eigenvalue weighted by atomic mass is 32.1. The quantitative estimate of drug-likeness (QED) is 0.165. The number of benzene rings is 7. The van der Waals surface area contributed by atoms with Crippen LogP contribution in [0, 0.1) is 0 Å². The van der Waals surface area contributed by atoms with E-state index in [9.17, 15) is 0 Å². The van der Waals surface area contributed by atoms with Gasteiger partial charge in [0.05, 0.1) is 11.4 Å². The molecule has 4 heteroatoms. The SMILES string of the molecule is c1ccc(-c2ccc(-c3ccc(-c4cc(-c5ccc(-c6ccc7sc8ccccc8c7c6)cc5)nc(-c5ccccc5-c5cccnc5)n4)cc3)cc2)cc1. The number of hydrogen-bond acceptors (Lipinski definition) is 4. The second-order valence-electron chi connectivity index (χ2n) is 13.7. The number of thiophene rings is 1. The molecule has 0 aliphatic rings. The number of aromatic nitrogens is 3. The summed E-state index contributed by atoms with van der Waals surface area (Å²) in [6.07, 6.45) is 3.69. The Balaban J connectivity index is 1.03. The summed E-state index contributed by atoms with van der Waals surface area (Å²) >= 11 is 1.85. The normalized spacial score (nSPS) is 11.3. The summed E-state index contributed by atoms with van der Waals surface area (Å²) in [6.45, 7) is 0. The van der Waals surface area contributed by atoms with Gasteiger partial charge in [-0.3, -0.25) is 4.98 Å². The van der Waals surface area contributed by atoms with E-state index >= 15 is 0 Å². The fourth-order valence-electron chi connectivity index (χ4n) is 7.37. The van der Waals surface area contributed by atoms with Gasteiger partial charge < -0.3 is 0 Å². The third-order valence-electron chi connectivity index (χ3n) is 10.3. The average Bonchev–Trinajstić information content (AvgIpc) is 3.65. The van der Waals surface area contributed by atoms with E-state index < -0.39 is 0 Å². The highest BCUT2D eigenvalue weighted by molar-refractivity contribution is 7.25. The van der Waals surface area contributed by atoms with Crippen LogP contribution in [0.2, 0.25) is 0 Å². The topological polar surface area (TPSA) is 38.7 Å². The first-order valence-corrected chi connectivity index (χ1v) is 19.2. The largest absolute Gasteiger partial charge is 0.264 e. The van der Waals surface area contributed by atoms with Crippen LogP contribution in [0.3, 0.4) is 0 Å². The zero-order chi connectivity index (χ0) is 36.6. The summed E-state index contributed by atoms with van der Waals surface area (Å²) in [4.78, 5) is 14.8. The van der Waals surface area contributed by atoms with Crippen molar-refractivity contribution in [2.75, 3.05) is 0 Å². The van der Waals surface area contributed by atoms with E-state index in [1.807, 2.05) is 35.7 Å². The Hall–Kier alpha value is -7.01. The minimum Gasteiger partial charge on any atom is -0.264 e. The molecule has 10 rings (SSSR count). The lowest BCUT2D eigenvalue weighted by atomic mass is 9.98. The van der Waals surface area contributed by atoms with Crippen LogP contribution in [-0.2, 0) is 0 Å². The van der Waals surface area contributed by atoms with Crippen LogP contribution in [0.4, 0.5) is 0 Å². The van der Waals surface area contributed by atoms with Crippen molar-refractivity contribution in [2.45, 2.75) is 0 Å². The van der Waals surface area contributed by atoms with E-state index in [2.05, 4.69) is 175 Å². The summed E-state index contributed by atoms with van der Waals surface area (Å²) in [7, 11) is 0. The smallest absolute Gasteiger partial charge is 0.161 e. The van der Waals surface area contributed by atoms with E-state index in [1.54, 1.807) is 6.20 Å². The van der Waals surface area contributed by atoms with Crippen molar-refractivity contribution in [3.8, 4) is 78.4 Å². The lowest BCUT2D eigenvalue weighted by Crippen LogP contribution is -1.97. The zero-order valence-corrected chi connectivity index (χ0v) is 30.6. The first-order valence-electron chi connectivity index (χ1n) is 18.4. The summed E-state index contributed by atoms with van der Waals surface area (Å²) in [5.74, 6) is 0.673. The summed E-state index contributed by atoms with van der Waals surface area (Å²) < 4.78 is 2.63. The van der Waals surface area contributed by atoms with E-state index in [-0.39, 0.29) is 0 Å². The highest BCUT2D eigenvalue weighted by Gasteiger charge is 2.15. The number of rotatable bonds is 7. The molecule has 0 atom stereocenters. The number of nitrogens with zero attached hydrogens (tertiary/aromatic N) is 3. The standard InChI is InChI=1S/C51H33N3S/c1-2-9-34(10-3-1)35-16-18-36(19-17-35)37-20-24-39(25-21-37)47-32-48(54-51(53-47)45-14-5-4-12-43(45)42-11-8-30-52-33-42)40-26-22-38(23-27-40)41-28-29-50-46(31-41)44-13-6-7-15-49(44)55-50/h1-33H. The van der Waals surface area contributed by atoms with E-state index in [0.29, 0.717) is 5.82 Å². The molecular formula is C51H33N3S. The Labute approximate surface area is 323 Å². The monoisotopic (exact) mass is 719 g/mol. The Morgan fingerprint density at radius 1 is 0.327 bits per heavy atom. The molecule has 0 saturated carbocycles. The second-order valence-corrected chi connectivity index (χ2v) is 14.7. The van der Waals surface area contributed by atoms with Gasteiger partial charge in [-0.2, -0.15) is 0 Å². The molecule has 55 heavy (non-hydrogen) atoms. The third kappa shape index (κ3) is 6.39. The van der Waals surface area contributed by atoms with Gasteiger partial charge in [0.15, 0.2) is 5.82 Å². The van der Waals surface area contributed by atoms with Gasteiger partial charge in [0.2, 0.25) is 0 Å². The Kier molecular flexibility index (Phi) is 8.36. The van der Waals surface area contributed by atoms with Crippen LogP contribution in [0.25, 0.3) is 98.6 Å². The molecule has 0 fully saturated rings. The van der Waals surface area contributed by atoms with Crippen molar-refractivity contribution in [1.82, 2.24) is 15.0 Å². The Morgan fingerprint density at radius 2 is 0.818 bits per heavy atom. The molecule has 0 bridgehead atoms. The maximum absolute atomic E-state index is 5.22. The molecule has 7 aromatic carbocycles. The van der Waals surface area contributed by atoms with Gasteiger partial charge in [-0.1, -0.05) is 158 Å². The van der Waals surface area contributed by atoms with Crippen LogP contribution in [0.15, 0.2) is 200 Å². The minimum absolute atomic E-state index is 0.673. The van der Waals surface area contributed by atoms with Crippen molar-refractivity contribution in [2.24, 2.45) is 0 Å². The van der Waals surface area contributed by atoms with Crippen molar-refractivity contribution < 1.29 is 0 Å². The van der Waals surface area contributed by atoms with Crippen molar-refractivity contribution >= 4 is 31.5 Å². The van der Waals surface area contributed by atoms with E-state index in [4.69, 9.17) is 9.97 Å². The van der Waals surface area contributed by atoms with Gasteiger partial charge in [0, 0.05) is 54.8 Å². The van der Waals surface area contributed by atoms with Crippen LogP contribution in [0.1, 0.15) is 0 Å². The van der Waals surface area contributed by atoms with Gasteiger partial charge in [-0.25, -0.2) is 9.97 Å². The molecule has 258 valence electrons. The summed E-state index contributed by atoms with van der Waals surface area (Å²) in [6, 6.07) is 66.6. The van der Waals surface area contributed by atoms with Crippen molar-refractivity contribution in [3.05, 3.63) is 200 Å². The maximum Gasteiger partial charge on any atom is 0.161 e. The Morgan fingerprint density at radius 3 is 1.45 bits per heavy atom. The van der Waals surface area contributed by atoms with E-state index in [0.717, 1.165) is 44.8 Å². The summed E-state index contributed by atoms with van der Waals surface area (Å²) in [5, 5.41) is 2.61. The van der Waals surface area contributed by atoms with Crippen LogP contribution < -0.4 is 0 Å². The van der Waals surface area contributed by atoms with Gasteiger partial charge in [-0.15, -0.1) is 11.3 Å². The molecule has 0 aliphatic heterocycles. The summed E-state index contributed by atoms with van der Waals surface area (Å²) in [5.41, 5.74) is 13.9. The lowest BCUT2D eigenvalue weighted by molar-refractivity contribution is 1.18. The molecule has 0 saturated heterocycles. The Bertz CT molecular complexity index is 2930. The number of hydrogen-bond donors (Lipinski definition) is 0. The zero-order valence-electron chi connectivity index (χ0n) is 29.8. The maximum atomic E-state index is 5.22. The van der Waals surface area contributed by atoms with Crippen LogP contribution in [-0.4, -0.2) is 15.0 Å². The fourth-order valence-corrected chi connectivity index (χ4v) is 8.46. The molecule has 0 N–H and O–H groups in total. The molecule has 10 aromatic rings. The molecule has 0 unspecified atom stereocenters. The van der Waals surface area contributed by atoms with Gasteiger partial charge >= 0.3 is 0 Å². The first-order chi connectivity index (χ1) is 27.2.